The Morgan fingerprint density at radius 1 is 1.50 bits per heavy atom. The van der Waals surface area contributed by atoms with Crippen LogP contribution in [-0.2, 0) is 0 Å². The van der Waals surface area contributed by atoms with E-state index in [2.05, 4.69) is 22.5 Å². The predicted octanol–water partition coefficient (Wildman–Crippen LogP) is 5.35. The summed E-state index contributed by atoms with van der Waals surface area (Å²) in [5.41, 5.74) is 1.02. The smallest absolute Gasteiger partial charge is 0.0667 e. The first kappa shape index (κ1) is 10.2. The summed E-state index contributed by atoms with van der Waals surface area (Å²) in [6.45, 7) is 5.90. The number of rotatable bonds is 1. The van der Waals surface area contributed by atoms with E-state index in [0.717, 1.165) is 25.3 Å². The number of fused-ring (bicyclic) bond motifs is 1. The minimum absolute atomic E-state index is 0.818. The van der Waals surface area contributed by atoms with Gasteiger partial charge in [-0.2, -0.15) is 0 Å². The molecular formula is C11H8BrClS. The molecule has 3 heteroatoms. The molecule has 14 heavy (non-hydrogen) atoms. The first-order valence-corrected chi connectivity index (χ1v) is 6.12. The SMILES string of the molecule is C=C(C)c1sc2c(Br)cccc2c1Cl. The van der Waals surface area contributed by atoms with Crippen LogP contribution in [0.25, 0.3) is 15.7 Å². The quantitative estimate of drug-likeness (QED) is 0.663. The number of hydrogen-bond donors (Lipinski definition) is 0. The summed E-state index contributed by atoms with van der Waals surface area (Å²) in [4.78, 5) is 1.08. The van der Waals surface area contributed by atoms with Gasteiger partial charge in [0.2, 0.25) is 0 Å². The summed E-state index contributed by atoms with van der Waals surface area (Å²) in [6.07, 6.45) is 0. The van der Waals surface area contributed by atoms with E-state index in [1.807, 2.05) is 25.1 Å². The Hall–Kier alpha value is -0.310. The minimum atomic E-state index is 0.818. The Balaban J connectivity index is 2.86. The van der Waals surface area contributed by atoms with Gasteiger partial charge in [-0.15, -0.1) is 11.3 Å². The molecule has 1 aromatic carbocycles. The van der Waals surface area contributed by atoms with Gasteiger partial charge in [-0.1, -0.05) is 30.3 Å². The molecule has 0 radical (unpaired) electrons. The molecule has 0 unspecified atom stereocenters. The zero-order valence-electron chi connectivity index (χ0n) is 7.60. The number of hydrogen-bond acceptors (Lipinski definition) is 1. The van der Waals surface area contributed by atoms with Gasteiger partial charge in [0.05, 0.1) is 9.72 Å². The highest BCUT2D eigenvalue weighted by Gasteiger charge is 2.11. The van der Waals surface area contributed by atoms with Crippen molar-refractivity contribution in [1.29, 1.82) is 0 Å². The first-order valence-electron chi connectivity index (χ1n) is 4.13. The lowest BCUT2D eigenvalue weighted by atomic mass is 10.2. The van der Waals surface area contributed by atoms with Gasteiger partial charge in [0.1, 0.15) is 0 Å². The molecule has 0 saturated heterocycles. The lowest BCUT2D eigenvalue weighted by molar-refractivity contribution is 1.74. The third kappa shape index (κ3) is 1.52. The predicted molar refractivity (Wildman–Crippen MR) is 69.2 cm³/mol. The molecular weight excluding hydrogens is 280 g/mol. The first-order chi connectivity index (χ1) is 6.61. The van der Waals surface area contributed by atoms with E-state index in [0.29, 0.717) is 0 Å². The van der Waals surface area contributed by atoms with Crippen LogP contribution in [0, 0.1) is 0 Å². The van der Waals surface area contributed by atoms with Crippen LogP contribution in [0.15, 0.2) is 29.3 Å². The second-order valence-corrected chi connectivity index (χ2v) is 5.39. The van der Waals surface area contributed by atoms with Gasteiger partial charge < -0.3 is 0 Å². The van der Waals surface area contributed by atoms with Crippen molar-refractivity contribution < 1.29 is 0 Å². The van der Waals surface area contributed by atoms with Crippen LogP contribution < -0.4 is 0 Å². The molecule has 0 amide bonds. The van der Waals surface area contributed by atoms with Gasteiger partial charge in [0.25, 0.3) is 0 Å². The van der Waals surface area contributed by atoms with Crippen molar-refractivity contribution in [1.82, 2.24) is 0 Å². The van der Waals surface area contributed by atoms with Gasteiger partial charge in [0.15, 0.2) is 0 Å². The van der Waals surface area contributed by atoms with Crippen LogP contribution in [0.1, 0.15) is 11.8 Å². The third-order valence-electron chi connectivity index (χ3n) is 1.99. The van der Waals surface area contributed by atoms with Crippen LogP contribution in [-0.4, -0.2) is 0 Å². The van der Waals surface area contributed by atoms with E-state index in [9.17, 15) is 0 Å². The van der Waals surface area contributed by atoms with Crippen LogP contribution in [0.3, 0.4) is 0 Å². The van der Waals surface area contributed by atoms with E-state index in [1.165, 1.54) is 4.70 Å². The minimum Gasteiger partial charge on any atom is -0.133 e. The monoisotopic (exact) mass is 286 g/mol. The van der Waals surface area contributed by atoms with Gasteiger partial charge in [-0.05, 0) is 34.5 Å². The number of thiophene rings is 1. The fraction of sp³-hybridized carbons (Fsp3) is 0.0909. The van der Waals surface area contributed by atoms with Crippen LogP contribution in [0.2, 0.25) is 5.02 Å². The lowest BCUT2D eigenvalue weighted by Crippen LogP contribution is -1.69. The van der Waals surface area contributed by atoms with E-state index in [4.69, 9.17) is 11.6 Å². The summed E-state index contributed by atoms with van der Waals surface area (Å²) in [5.74, 6) is 0. The van der Waals surface area contributed by atoms with Crippen LogP contribution in [0.5, 0.6) is 0 Å². The molecule has 0 spiro atoms. The molecule has 0 aliphatic rings. The van der Waals surface area contributed by atoms with E-state index >= 15 is 0 Å². The van der Waals surface area contributed by atoms with Gasteiger partial charge in [-0.3, -0.25) is 0 Å². The summed E-state index contributed by atoms with van der Waals surface area (Å²) in [7, 11) is 0. The Labute approximate surface area is 100 Å². The van der Waals surface area contributed by atoms with Crippen molar-refractivity contribution in [3.05, 3.63) is 39.2 Å². The molecule has 2 rings (SSSR count). The second kappa shape index (κ2) is 3.69. The normalized spacial score (nSPS) is 10.8. The zero-order chi connectivity index (χ0) is 10.3. The number of halogens is 2. The van der Waals surface area contributed by atoms with E-state index < -0.39 is 0 Å². The van der Waals surface area contributed by atoms with E-state index in [-0.39, 0.29) is 0 Å². The van der Waals surface area contributed by atoms with Crippen molar-refractivity contribution in [2.45, 2.75) is 6.92 Å². The van der Waals surface area contributed by atoms with Crippen LogP contribution in [0.4, 0.5) is 0 Å². The zero-order valence-corrected chi connectivity index (χ0v) is 10.8. The van der Waals surface area contributed by atoms with Crippen molar-refractivity contribution >= 4 is 54.5 Å². The standard InChI is InChI=1S/C11H8BrClS/c1-6(2)10-9(13)7-4-3-5-8(12)11(7)14-10/h3-5H,1H2,2H3. The highest BCUT2D eigenvalue weighted by molar-refractivity contribution is 9.10. The molecule has 0 aliphatic heterocycles. The molecule has 2 aromatic rings. The Kier molecular flexibility index (Phi) is 2.69. The average molecular weight is 288 g/mol. The summed E-state index contributed by atoms with van der Waals surface area (Å²) in [6, 6.07) is 6.05. The number of allylic oxidation sites excluding steroid dienone is 1. The molecule has 0 saturated carbocycles. The van der Waals surface area contributed by atoms with Gasteiger partial charge in [0, 0.05) is 14.7 Å². The van der Waals surface area contributed by atoms with E-state index in [1.54, 1.807) is 11.3 Å². The molecule has 0 fully saturated rings. The van der Waals surface area contributed by atoms with Gasteiger partial charge in [-0.25, -0.2) is 0 Å². The largest absolute Gasteiger partial charge is 0.133 e. The lowest BCUT2D eigenvalue weighted by Gasteiger charge is -1.93. The molecule has 0 N–H and O–H groups in total. The maximum atomic E-state index is 6.25. The maximum Gasteiger partial charge on any atom is 0.0667 e. The van der Waals surface area contributed by atoms with Crippen molar-refractivity contribution in [2.24, 2.45) is 0 Å². The Bertz CT molecular complexity index is 513. The van der Waals surface area contributed by atoms with Crippen molar-refractivity contribution in [3.8, 4) is 0 Å². The fourth-order valence-corrected chi connectivity index (χ4v) is 3.45. The highest BCUT2D eigenvalue weighted by atomic mass is 79.9. The van der Waals surface area contributed by atoms with Crippen molar-refractivity contribution in [3.63, 3.8) is 0 Å². The molecule has 1 heterocycles. The van der Waals surface area contributed by atoms with Gasteiger partial charge >= 0.3 is 0 Å². The topological polar surface area (TPSA) is 0 Å². The highest BCUT2D eigenvalue weighted by Crippen LogP contribution is 2.41. The molecule has 0 bridgehead atoms. The average Bonchev–Trinajstić information content (AvgIpc) is 2.46. The maximum absolute atomic E-state index is 6.25. The second-order valence-electron chi connectivity index (χ2n) is 3.14. The Morgan fingerprint density at radius 3 is 2.79 bits per heavy atom. The third-order valence-corrected chi connectivity index (χ3v) is 4.82. The fourth-order valence-electron chi connectivity index (χ4n) is 1.33. The molecule has 72 valence electrons. The molecule has 1 aromatic heterocycles. The van der Waals surface area contributed by atoms with Crippen molar-refractivity contribution in [2.75, 3.05) is 0 Å². The van der Waals surface area contributed by atoms with Crippen LogP contribution >= 0.6 is 38.9 Å². The molecule has 0 aliphatic carbocycles. The summed E-state index contributed by atoms with van der Waals surface area (Å²) in [5, 5.41) is 1.92. The summed E-state index contributed by atoms with van der Waals surface area (Å²) < 4.78 is 2.28. The number of benzene rings is 1. The molecule has 0 nitrogen and oxygen atoms in total. The Morgan fingerprint density at radius 2 is 2.21 bits per heavy atom. The summed E-state index contributed by atoms with van der Waals surface area (Å²) >= 11 is 11.4. The molecule has 0 atom stereocenters.